The summed E-state index contributed by atoms with van der Waals surface area (Å²) >= 11 is -0.442. The van der Waals surface area contributed by atoms with Gasteiger partial charge in [0.15, 0.2) is 0 Å². The molecule has 1 rings (SSSR count). The van der Waals surface area contributed by atoms with Gasteiger partial charge in [-0.05, 0) is 24.6 Å². The summed E-state index contributed by atoms with van der Waals surface area (Å²) in [6.07, 6.45) is 0.817. The normalized spacial score (nSPS) is 21.2. The van der Waals surface area contributed by atoms with Crippen molar-refractivity contribution in [1.29, 1.82) is 0 Å². The third-order valence-corrected chi connectivity index (χ3v) is 2.94. The molecule has 0 aromatic heterocycles. The Balaban J connectivity index is 2.50. The molecule has 0 saturated carbocycles. The predicted molar refractivity (Wildman–Crippen MR) is 50.9 cm³/mol. The van der Waals surface area contributed by atoms with E-state index in [9.17, 15) is 22.8 Å². The highest BCUT2D eigenvalue weighted by molar-refractivity contribution is 8.00. The zero-order chi connectivity index (χ0) is 12.3. The summed E-state index contributed by atoms with van der Waals surface area (Å²) in [4.78, 5) is 23.0. The van der Waals surface area contributed by atoms with Crippen molar-refractivity contribution >= 4 is 23.6 Å². The number of hydrogen-bond donors (Lipinski definition) is 1. The van der Waals surface area contributed by atoms with Crippen molar-refractivity contribution in [3.63, 3.8) is 0 Å². The number of nitrogens with zero attached hydrogens (tertiary/aromatic N) is 1. The predicted octanol–water partition coefficient (Wildman–Crippen LogP) is 1.31. The molecule has 0 spiro atoms. The molecule has 92 valence electrons. The molecule has 0 radical (unpaired) electrons. The zero-order valence-corrected chi connectivity index (χ0v) is 8.98. The van der Waals surface area contributed by atoms with Crippen LogP contribution >= 0.6 is 11.8 Å². The number of aliphatic carboxylic acids is 1. The summed E-state index contributed by atoms with van der Waals surface area (Å²) in [6, 6.07) is -0.971. The number of carbonyl (C=O) groups excluding carboxylic acids is 1. The Morgan fingerprint density at radius 2 is 2.06 bits per heavy atom. The van der Waals surface area contributed by atoms with Crippen molar-refractivity contribution in [2.45, 2.75) is 24.4 Å². The molecular formula is C8H10F3NO3S. The number of thioether (sulfide) groups is 1. The van der Waals surface area contributed by atoms with Crippen LogP contribution in [0.25, 0.3) is 0 Å². The molecule has 1 fully saturated rings. The van der Waals surface area contributed by atoms with Crippen LogP contribution in [0.5, 0.6) is 0 Å². The second kappa shape index (κ2) is 4.94. The Bertz CT molecular complexity index is 295. The Hall–Kier alpha value is -0.920. The van der Waals surface area contributed by atoms with E-state index in [0.717, 1.165) is 4.90 Å². The fourth-order valence-electron chi connectivity index (χ4n) is 1.55. The van der Waals surface area contributed by atoms with Crippen LogP contribution in [-0.4, -0.2) is 45.7 Å². The summed E-state index contributed by atoms with van der Waals surface area (Å²) < 4.78 is 35.5. The molecule has 1 aliphatic rings. The lowest BCUT2D eigenvalue weighted by atomic mass is 10.2. The minimum Gasteiger partial charge on any atom is -0.480 e. The van der Waals surface area contributed by atoms with Gasteiger partial charge in [0.05, 0.1) is 5.75 Å². The van der Waals surface area contributed by atoms with Crippen LogP contribution in [0, 0.1) is 0 Å². The molecule has 0 aromatic carbocycles. The number of carbonyl (C=O) groups is 2. The first-order chi connectivity index (χ1) is 7.31. The Morgan fingerprint density at radius 1 is 1.44 bits per heavy atom. The maximum atomic E-state index is 11.8. The average molecular weight is 257 g/mol. The largest absolute Gasteiger partial charge is 0.480 e. The molecule has 1 aliphatic heterocycles. The van der Waals surface area contributed by atoms with Crippen molar-refractivity contribution < 1.29 is 27.9 Å². The van der Waals surface area contributed by atoms with E-state index in [-0.39, 0.29) is 6.54 Å². The summed E-state index contributed by atoms with van der Waals surface area (Å²) in [5.74, 6) is -2.69. The quantitative estimate of drug-likeness (QED) is 0.828. The first kappa shape index (κ1) is 13.1. The first-order valence-corrected chi connectivity index (χ1v) is 5.53. The third kappa shape index (κ3) is 3.58. The van der Waals surface area contributed by atoms with Crippen molar-refractivity contribution in [3.05, 3.63) is 0 Å². The lowest BCUT2D eigenvalue weighted by molar-refractivity contribution is -0.147. The zero-order valence-electron chi connectivity index (χ0n) is 8.16. The SMILES string of the molecule is O=C(O)C1CCCN1C(=O)CSC(F)(F)F. The van der Waals surface area contributed by atoms with Crippen LogP contribution in [-0.2, 0) is 9.59 Å². The van der Waals surface area contributed by atoms with Gasteiger partial charge in [-0.3, -0.25) is 4.79 Å². The van der Waals surface area contributed by atoms with E-state index in [0.29, 0.717) is 12.8 Å². The van der Waals surface area contributed by atoms with Gasteiger partial charge in [0.2, 0.25) is 5.91 Å². The van der Waals surface area contributed by atoms with E-state index in [1.165, 1.54) is 0 Å². The van der Waals surface area contributed by atoms with E-state index in [1.807, 2.05) is 0 Å². The van der Waals surface area contributed by atoms with Gasteiger partial charge in [0, 0.05) is 6.54 Å². The summed E-state index contributed by atoms with van der Waals surface area (Å²) in [5.41, 5.74) is -4.46. The molecule has 1 N–H and O–H groups in total. The van der Waals surface area contributed by atoms with Crippen molar-refractivity contribution in [2.75, 3.05) is 12.3 Å². The third-order valence-electron chi connectivity index (χ3n) is 2.22. The number of likely N-dealkylation sites (tertiary alicyclic amines) is 1. The Kier molecular flexibility index (Phi) is 4.06. The molecule has 1 saturated heterocycles. The Labute approximate surface area is 93.8 Å². The highest BCUT2D eigenvalue weighted by Gasteiger charge is 2.36. The molecule has 0 aromatic rings. The lowest BCUT2D eigenvalue weighted by Crippen LogP contribution is -2.41. The molecule has 4 nitrogen and oxygen atoms in total. The standard InChI is InChI=1S/C8H10F3NO3S/c9-8(10,11)16-4-6(13)12-3-1-2-5(12)7(14)15/h5H,1-4H2,(H,14,15). The topological polar surface area (TPSA) is 57.6 Å². The van der Waals surface area contributed by atoms with Gasteiger partial charge in [-0.25, -0.2) is 4.79 Å². The fourth-order valence-corrected chi connectivity index (χ4v) is 2.00. The van der Waals surface area contributed by atoms with Crippen LogP contribution in [0.2, 0.25) is 0 Å². The van der Waals surface area contributed by atoms with Gasteiger partial charge in [-0.1, -0.05) is 0 Å². The summed E-state index contributed by atoms with van der Waals surface area (Å²) in [6.45, 7) is 0.216. The fraction of sp³-hybridized carbons (Fsp3) is 0.750. The van der Waals surface area contributed by atoms with E-state index < -0.39 is 40.9 Å². The second-order valence-corrected chi connectivity index (χ2v) is 4.36. The highest BCUT2D eigenvalue weighted by atomic mass is 32.2. The van der Waals surface area contributed by atoms with Crippen molar-refractivity contribution in [3.8, 4) is 0 Å². The molecule has 8 heteroatoms. The molecule has 16 heavy (non-hydrogen) atoms. The number of hydrogen-bond acceptors (Lipinski definition) is 3. The molecule has 1 heterocycles. The summed E-state index contributed by atoms with van der Waals surface area (Å²) in [7, 11) is 0. The van der Waals surface area contributed by atoms with Crippen LogP contribution in [0.15, 0.2) is 0 Å². The monoisotopic (exact) mass is 257 g/mol. The molecule has 1 unspecified atom stereocenters. The smallest absolute Gasteiger partial charge is 0.442 e. The van der Waals surface area contributed by atoms with Gasteiger partial charge >= 0.3 is 11.5 Å². The van der Waals surface area contributed by atoms with Crippen LogP contribution in [0.4, 0.5) is 13.2 Å². The molecule has 0 aliphatic carbocycles. The van der Waals surface area contributed by atoms with Gasteiger partial charge < -0.3 is 10.0 Å². The van der Waals surface area contributed by atoms with Crippen LogP contribution in [0.1, 0.15) is 12.8 Å². The maximum Gasteiger partial charge on any atom is 0.442 e. The van der Waals surface area contributed by atoms with E-state index >= 15 is 0 Å². The number of halogens is 3. The molecule has 0 bridgehead atoms. The van der Waals surface area contributed by atoms with E-state index in [4.69, 9.17) is 5.11 Å². The minimum atomic E-state index is -4.46. The van der Waals surface area contributed by atoms with Gasteiger partial charge in [-0.15, -0.1) is 0 Å². The van der Waals surface area contributed by atoms with Crippen molar-refractivity contribution in [2.24, 2.45) is 0 Å². The van der Waals surface area contributed by atoms with E-state index in [2.05, 4.69) is 0 Å². The molecule has 1 atom stereocenters. The molecular weight excluding hydrogens is 247 g/mol. The number of alkyl halides is 3. The van der Waals surface area contributed by atoms with Gasteiger partial charge in [0.25, 0.3) is 0 Å². The van der Waals surface area contributed by atoms with Crippen molar-refractivity contribution in [1.82, 2.24) is 4.90 Å². The van der Waals surface area contributed by atoms with E-state index in [1.54, 1.807) is 0 Å². The number of amides is 1. The maximum absolute atomic E-state index is 11.8. The average Bonchev–Trinajstić information content (AvgIpc) is 2.61. The second-order valence-electron chi connectivity index (χ2n) is 3.32. The minimum absolute atomic E-state index is 0.216. The molecule has 1 amide bonds. The first-order valence-electron chi connectivity index (χ1n) is 4.54. The summed E-state index contributed by atoms with van der Waals surface area (Å²) in [5, 5.41) is 8.74. The number of carboxylic acid groups (broad SMARTS) is 1. The number of carboxylic acids is 1. The van der Waals surface area contributed by atoms with Crippen LogP contribution in [0.3, 0.4) is 0 Å². The Morgan fingerprint density at radius 3 is 2.56 bits per heavy atom. The van der Waals surface area contributed by atoms with Gasteiger partial charge in [-0.2, -0.15) is 13.2 Å². The van der Waals surface area contributed by atoms with Gasteiger partial charge in [0.1, 0.15) is 6.04 Å². The van der Waals surface area contributed by atoms with Crippen LogP contribution < -0.4 is 0 Å². The number of rotatable bonds is 3. The lowest BCUT2D eigenvalue weighted by Gasteiger charge is -2.21. The highest BCUT2D eigenvalue weighted by Crippen LogP contribution is 2.31.